The number of rotatable bonds is 4. The molecule has 0 N–H and O–H groups in total. The van der Waals surface area contributed by atoms with E-state index in [2.05, 4.69) is 5.10 Å². The average Bonchev–Trinajstić information content (AvgIpc) is 2.72. The Balaban J connectivity index is 2.19. The molecular formula is C13H16N2O2. The van der Waals surface area contributed by atoms with Gasteiger partial charge in [-0.05, 0) is 19.9 Å². The van der Waals surface area contributed by atoms with Crippen molar-refractivity contribution in [1.82, 2.24) is 9.78 Å². The summed E-state index contributed by atoms with van der Waals surface area (Å²) in [6.45, 7) is 4.20. The highest BCUT2D eigenvalue weighted by atomic mass is 16.5. The topological polar surface area (TPSA) is 44.1 Å². The molecular weight excluding hydrogens is 216 g/mol. The molecule has 0 aliphatic rings. The number of carbonyl (C=O) groups excluding carboxylic acids is 1. The summed E-state index contributed by atoms with van der Waals surface area (Å²) in [6.07, 6.45) is 2.16. The second-order valence-corrected chi connectivity index (χ2v) is 4.01. The fraction of sp³-hybridized carbons (Fsp3) is 0.385. The van der Waals surface area contributed by atoms with Gasteiger partial charge < -0.3 is 4.74 Å². The quantitative estimate of drug-likeness (QED) is 0.761. The van der Waals surface area contributed by atoms with Crippen LogP contribution >= 0.6 is 0 Å². The smallest absolute Gasteiger partial charge is 0.307 e. The summed E-state index contributed by atoms with van der Waals surface area (Å²) >= 11 is 0. The predicted molar refractivity (Wildman–Crippen MR) is 65.7 cm³/mol. The number of hydrogen-bond donors (Lipinski definition) is 0. The first-order valence-electron chi connectivity index (χ1n) is 5.80. The molecule has 0 amide bonds. The Hall–Kier alpha value is -1.84. The lowest BCUT2D eigenvalue weighted by molar-refractivity contribution is -0.143. The molecule has 1 aromatic heterocycles. The van der Waals surface area contributed by atoms with E-state index in [-0.39, 0.29) is 12.0 Å². The minimum absolute atomic E-state index is 0.00829. The van der Waals surface area contributed by atoms with Crippen molar-refractivity contribution in [2.75, 3.05) is 6.61 Å². The molecule has 0 radical (unpaired) electrons. The third-order valence-electron chi connectivity index (χ3n) is 2.69. The average molecular weight is 232 g/mol. The Kier molecular flexibility index (Phi) is 3.42. The summed E-state index contributed by atoms with van der Waals surface area (Å²) in [5.74, 6) is -0.181. The van der Waals surface area contributed by atoms with Gasteiger partial charge >= 0.3 is 5.97 Å². The number of benzene rings is 1. The van der Waals surface area contributed by atoms with Crippen molar-refractivity contribution < 1.29 is 9.53 Å². The molecule has 1 heterocycles. The number of nitrogens with zero attached hydrogens (tertiary/aromatic N) is 2. The summed E-state index contributed by atoms with van der Waals surface area (Å²) in [5, 5.41) is 5.40. The Morgan fingerprint density at radius 2 is 2.24 bits per heavy atom. The number of hydrogen-bond acceptors (Lipinski definition) is 3. The van der Waals surface area contributed by atoms with Crippen molar-refractivity contribution in [1.29, 1.82) is 0 Å². The number of fused-ring (bicyclic) bond motifs is 1. The summed E-state index contributed by atoms with van der Waals surface area (Å²) in [7, 11) is 0. The minimum atomic E-state index is -0.181. The van der Waals surface area contributed by atoms with Gasteiger partial charge in [-0.15, -0.1) is 0 Å². The van der Waals surface area contributed by atoms with Crippen LogP contribution in [-0.2, 0) is 9.53 Å². The highest BCUT2D eigenvalue weighted by Gasteiger charge is 2.14. The van der Waals surface area contributed by atoms with Crippen molar-refractivity contribution in [3.63, 3.8) is 0 Å². The second-order valence-electron chi connectivity index (χ2n) is 4.01. The molecule has 0 spiro atoms. The summed E-state index contributed by atoms with van der Waals surface area (Å²) < 4.78 is 6.81. The normalized spacial score (nSPS) is 12.6. The number of para-hydroxylation sites is 1. The Bertz CT molecular complexity index is 519. The maximum Gasteiger partial charge on any atom is 0.307 e. The van der Waals surface area contributed by atoms with E-state index in [1.165, 1.54) is 0 Å². The maximum absolute atomic E-state index is 11.4. The van der Waals surface area contributed by atoms with Crippen molar-refractivity contribution in [2.24, 2.45) is 0 Å². The molecule has 4 heteroatoms. The molecule has 1 aromatic carbocycles. The third kappa shape index (κ3) is 2.46. The van der Waals surface area contributed by atoms with Gasteiger partial charge in [-0.1, -0.05) is 18.2 Å². The van der Waals surface area contributed by atoms with Crippen LogP contribution in [0.3, 0.4) is 0 Å². The van der Waals surface area contributed by atoms with Crippen LogP contribution in [-0.4, -0.2) is 22.4 Å². The van der Waals surface area contributed by atoms with E-state index >= 15 is 0 Å². The summed E-state index contributed by atoms with van der Waals surface area (Å²) in [6, 6.07) is 7.97. The van der Waals surface area contributed by atoms with E-state index in [9.17, 15) is 4.79 Å². The highest BCUT2D eigenvalue weighted by Crippen LogP contribution is 2.19. The molecule has 0 aliphatic heterocycles. The van der Waals surface area contributed by atoms with Crippen LogP contribution in [0.4, 0.5) is 0 Å². The van der Waals surface area contributed by atoms with Crippen molar-refractivity contribution in [3.05, 3.63) is 30.5 Å². The molecule has 17 heavy (non-hydrogen) atoms. The van der Waals surface area contributed by atoms with Crippen LogP contribution in [0.15, 0.2) is 30.5 Å². The molecule has 0 aliphatic carbocycles. The Labute approximate surface area is 100 Å². The van der Waals surface area contributed by atoms with Gasteiger partial charge in [0.05, 0.1) is 30.8 Å². The lowest BCUT2D eigenvalue weighted by Crippen LogP contribution is -2.14. The van der Waals surface area contributed by atoms with Crippen LogP contribution in [0.5, 0.6) is 0 Å². The number of esters is 1. The Morgan fingerprint density at radius 1 is 1.47 bits per heavy atom. The molecule has 2 rings (SSSR count). The van der Waals surface area contributed by atoms with E-state index in [1.54, 1.807) is 0 Å². The molecule has 1 atom stereocenters. The van der Waals surface area contributed by atoms with Gasteiger partial charge in [0.2, 0.25) is 0 Å². The molecule has 90 valence electrons. The lowest BCUT2D eigenvalue weighted by atomic mass is 10.2. The monoisotopic (exact) mass is 232 g/mol. The molecule has 0 saturated carbocycles. The maximum atomic E-state index is 11.4. The van der Waals surface area contributed by atoms with E-state index in [0.717, 1.165) is 10.9 Å². The van der Waals surface area contributed by atoms with Crippen LogP contribution in [0, 0.1) is 0 Å². The molecule has 0 bridgehead atoms. The van der Waals surface area contributed by atoms with Crippen molar-refractivity contribution in [2.45, 2.75) is 26.3 Å². The SMILES string of the molecule is CCOC(=O)CC(C)n1ncc2ccccc21. The first kappa shape index (κ1) is 11.6. The van der Waals surface area contributed by atoms with Gasteiger partial charge in [0, 0.05) is 5.39 Å². The van der Waals surface area contributed by atoms with Crippen LogP contribution in [0.1, 0.15) is 26.3 Å². The first-order valence-corrected chi connectivity index (χ1v) is 5.80. The van der Waals surface area contributed by atoms with Gasteiger partial charge in [0.25, 0.3) is 0 Å². The Morgan fingerprint density at radius 3 is 3.00 bits per heavy atom. The molecule has 0 fully saturated rings. The van der Waals surface area contributed by atoms with Crippen LogP contribution in [0.2, 0.25) is 0 Å². The van der Waals surface area contributed by atoms with Crippen molar-refractivity contribution in [3.8, 4) is 0 Å². The van der Waals surface area contributed by atoms with Gasteiger partial charge in [0.1, 0.15) is 0 Å². The van der Waals surface area contributed by atoms with Gasteiger partial charge in [0.15, 0.2) is 0 Å². The molecule has 4 nitrogen and oxygen atoms in total. The minimum Gasteiger partial charge on any atom is -0.466 e. The number of ether oxygens (including phenoxy) is 1. The number of aromatic nitrogens is 2. The summed E-state index contributed by atoms with van der Waals surface area (Å²) in [4.78, 5) is 11.4. The van der Waals surface area contributed by atoms with Gasteiger partial charge in [-0.25, -0.2) is 0 Å². The zero-order valence-electron chi connectivity index (χ0n) is 10.1. The van der Waals surface area contributed by atoms with E-state index in [1.807, 2.05) is 49.0 Å². The fourth-order valence-corrected chi connectivity index (χ4v) is 1.89. The predicted octanol–water partition coefficient (Wildman–Crippen LogP) is 2.55. The van der Waals surface area contributed by atoms with E-state index in [0.29, 0.717) is 13.0 Å². The molecule has 2 aromatic rings. The number of carbonyl (C=O) groups is 1. The zero-order chi connectivity index (χ0) is 12.3. The fourth-order valence-electron chi connectivity index (χ4n) is 1.89. The second kappa shape index (κ2) is 4.99. The van der Waals surface area contributed by atoms with Crippen LogP contribution in [0.25, 0.3) is 10.9 Å². The third-order valence-corrected chi connectivity index (χ3v) is 2.69. The molecule has 1 unspecified atom stereocenters. The van der Waals surface area contributed by atoms with Crippen molar-refractivity contribution >= 4 is 16.9 Å². The van der Waals surface area contributed by atoms with E-state index < -0.39 is 0 Å². The lowest BCUT2D eigenvalue weighted by Gasteiger charge is -2.12. The van der Waals surface area contributed by atoms with Gasteiger partial charge in [-0.3, -0.25) is 9.48 Å². The summed E-state index contributed by atoms with van der Waals surface area (Å²) in [5.41, 5.74) is 1.05. The largest absolute Gasteiger partial charge is 0.466 e. The van der Waals surface area contributed by atoms with E-state index in [4.69, 9.17) is 4.74 Å². The zero-order valence-corrected chi connectivity index (χ0v) is 10.1. The highest BCUT2D eigenvalue weighted by molar-refractivity contribution is 5.78. The first-order chi connectivity index (χ1) is 8.22. The van der Waals surface area contributed by atoms with Crippen LogP contribution < -0.4 is 0 Å². The molecule has 0 saturated heterocycles. The van der Waals surface area contributed by atoms with Gasteiger partial charge in [-0.2, -0.15) is 5.10 Å². The standard InChI is InChI=1S/C13H16N2O2/c1-3-17-13(16)8-10(2)15-12-7-5-4-6-11(12)9-14-15/h4-7,9-10H,3,8H2,1-2H3.